The topological polar surface area (TPSA) is 81.6 Å². The minimum absolute atomic E-state index is 0.0187. The summed E-state index contributed by atoms with van der Waals surface area (Å²) in [4.78, 5) is 19.5. The van der Waals surface area contributed by atoms with Gasteiger partial charge in [-0.05, 0) is 36.2 Å². The van der Waals surface area contributed by atoms with Crippen molar-refractivity contribution < 1.29 is 4.79 Å². The molecule has 0 bridgehead atoms. The third-order valence-corrected chi connectivity index (χ3v) is 3.62. The number of H-pyrrole nitrogens is 1. The van der Waals surface area contributed by atoms with E-state index in [1.807, 2.05) is 36.4 Å². The maximum absolute atomic E-state index is 11.9. The molecular weight excluding hydrogens is 288 g/mol. The Morgan fingerprint density at radius 2 is 1.96 bits per heavy atom. The van der Waals surface area contributed by atoms with E-state index in [0.717, 1.165) is 22.4 Å². The van der Waals surface area contributed by atoms with Crippen LogP contribution in [0.3, 0.4) is 0 Å². The van der Waals surface area contributed by atoms with Crippen molar-refractivity contribution in [1.82, 2.24) is 15.3 Å². The van der Waals surface area contributed by atoms with Crippen molar-refractivity contribution in [3.8, 4) is 6.07 Å². The number of aromatic amines is 1. The minimum Gasteiger partial charge on any atom is -0.349 e. The second kappa shape index (κ2) is 6.75. The number of para-hydroxylation sites is 2. The van der Waals surface area contributed by atoms with E-state index in [1.54, 1.807) is 12.1 Å². The fraction of sp³-hybridized carbons (Fsp3) is 0.167. The van der Waals surface area contributed by atoms with Gasteiger partial charge in [0.05, 0.1) is 29.2 Å². The molecule has 2 aromatic carbocycles. The molecule has 114 valence electrons. The Hall–Kier alpha value is -3.13. The molecule has 0 fully saturated rings. The molecule has 0 aliphatic heterocycles. The Morgan fingerprint density at radius 3 is 2.70 bits per heavy atom. The molecule has 23 heavy (non-hydrogen) atoms. The molecule has 0 spiro atoms. The summed E-state index contributed by atoms with van der Waals surface area (Å²) in [6, 6.07) is 17.1. The summed E-state index contributed by atoms with van der Waals surface area (Å²) in [6.45, 7) is 0.390. The number of carbonyl (C=O) groups excluding carboxylic acids is 1. The van der Waals surface area contributed by atoms with Crippen LogP contribution in [0, 0.1) is 11.3 Å². The maximum atomic E-state index is 11.9. The maximum Gasteiger partial charge on any atom is 0.220 e. The van der Waals surface area contributed by atoms with Crippen LogP contribution >= 0.6 is 0 Å². The van der Waals surface area contributed by atoms with Crippen LogP contribution in [0.4, 0.5) is 0 Å². The molecule has 1 amide bonds. The molecule has 0 atom stereocenters. The largest absolute Gasteiger partial charge is 0.349 e. The summed E-state index contributed by atoms with van der Waals surface area (Å²) in [7, 11) is 0. The molecule has 0 unspecified atom stereocenters. The van der Waals surface area contributed by atoms with Gasteiger partial charge in [-0.2, -0.15) is 5.26 Å². The van der Waals surface area contributed by atoms with Gasteiger partial charge in [-0.1, -0.05) is 24.3 Å². The number of benzene rings is 2. The number of hydrogen-bond acceptors (Lipinski definition) is 3. The van der Waals surface area contributed by atoms with Crippen molar-refractivity contribution in [2.75, 3.05) is 0 Å². The normalized spacial score (nSPS) is 10.4. The zero-order valence-electron chi connectivity index (χ0n) is 12.5. The van der Waals surface area contributed by atoms with Crippen molar-refractivity contribution in [3.05, 3.63) is 65.5 Å². The zero-order valence-corrected chi connectivity index (χ0v) is 12.5. The molecule has 0 saturated carbocycles. The number of nitrogens with one attached hydrogen (secondary N) is 2. The standard InChI is InChI=1S/C18H16N4O/c19-11-14-7-5-13(6-8-14)9-10-18(23)20-12-17-21-15-3-1-2-4-16(15)22-17/h1-8H,9-10,12H2,(H,20,23)(H,21,22). The molecule has 0 aliphatic carbocycles. The molecule has 1 heterocycles. The molecular formula is C18H16N4O. The zero-order chi connectivity index (χ0) is 16.1. The molecule has 2 N–H and O–H groups in total. The SMILES string of the molecule is N#Cc1ccc(CCC(=O)NCc2nc3ccccc3[nH]2)cc1. The number of nitrogens with zero attached hydrogens (tertiary/aromatic N) is 2. The fourth-order valence-corrected chi connectivity index (χ4v) is 2.36. The number of rotatable bonds is 5. The van der Waals surface area contributed by atoms with Crippen LogP contribution in [0.2, 0.25) is 0 Å². The molecule has 0 radical (unpaired) electrons. The van der Waals surface area contributed by atoms with E-state index in [0.29, 0.717) is 24.9 Å². The van der Waals surface area contributed by atoms with Gasteiger partial charge >= 0.3 is 0 Å². The molecule has 0 aliphatic rings. The van der Waals surface area contributed by atoms with Crippen molar-refractivity contribution in [2.45, 2.75) is 19.4 Å². The summed E-state index contributed by atoms with van der Waals surface area (Å²) in [5, 5.41) is 11.6. The fourth-order valence-electron chi connectivity index (χ4n) is 2.36. The quantitative estimate of drug-likeness (QED) is 0.760. The predicted octanol–water partition coefficient (Wildman–Crippen LogP) is 2.68. The first-order valence-electron chi connectivity index (χ1n) is 7.44. The number of aromatic nitrogens is 2. The number of imidazole rings is 1. The first-order chi connectivity index (χ1) is 11.2. The van der Waals surface area contributed by atoms with Crippen LogP contribution < -0.4 is 5.32 Å². The molecule has 0 saturated heterocycles. The van der Waals surface area contributed by atoms with Gasteiger partial charge in [0, 0.05) is 6.42 Å². The Morgan fingerprint density at radius 1 is 1.17 bits per heavy atom. The molecule has 5 heteroatoms. The average Bonchev–Trinajstić information content (AvgIpc) is 3.01. The predicted molar refractivity (Wildman–Crippen MR) is 87.4 cm³/mol. The summed E-state index contributed by atoms with van der Waals surface area (Å²) in [5.41, 5.74) is 3.54. The van der Waals surface area contributed by atoms with Gasteiger partial charge in [0.2, 0.25) is 5.91 Å². The first-order valence-corrected chi connectivity index (χ1v) is 7.44. The van der Waals surface area contributed by atoms with Gasteiger partial charge in [0.25, 0.3) is 0 Å². The van der Waals surface area contributed by atoms with E-state index in [4.69, 9.17) is 5.26 Å². The number of nitriles is 1. The van der Waals surface area contributed by atoms with Crippen LogP contribution in [0.5, 0.6) is 0 Å². The van der Waals surface area contributed by atoms with Crippen LogP contribution in [0.25, 0.3) is 11.0 Å². The number of carbonyl (C=O) groups is 1. The van der Waals surface area contributed by atoms with Crippen molar-refractivity contribution in [1.29, 1.82) is 5.26 Å². The van der Waals surface area contributed by atoms with Gasteiger partial charge in [-0.15, -0.1) is 0 Å². The van der Waals surface area contributed by atoms with E-state index in [-0.39, 0.29) is 5.91 Å². The van der Waals surface area contributed by atoms with Crippen LogP contribution in [0.15, 0.2) is 48.5 Å². The first kappa shape index (κ1) is 14.8. The van der Waals surface area contributed by atoms with Crippen molar-refractivity contribution >= 4 is 16.9 Å². The lowest BCUT2D eigenvalue weighted by atomic mass is 10.1. The van der Waals surface area contributed by atoms with E-state index >= 15 is 0 Å². The lowest BCUT2D eigenvalue weighted by Gasteiger charge is -2.03. The molecule has 5 nitrogen and oxygen atoms in total. The third kappa shape index (κ3) is 3.74. The van der Waals surface area contributed by atoms with Crippen molar-refractivity contribution in [2.24, 2.45) is 0 Å². The smallest absolute Gasteiger partial charge is 0.220 e. The van der Waals surface area contributed by atoms with Crippen LogP contribution in [-0.2, 0) is 17.8 Å². The summed E-state index contributed by atoms with van der Waals surface area (Å²) in [6.07, 6.45) is 1.06. The van der Waals surface area contributed by atoms with E-state index in [9.17, 15) is 4.79 Å². The second-order valence-electron chi connectivity index (χ2n) is 5.29. The summed E-state index contributed by atoms with van der Waals surface area (Å²) < 4.78 is 0. The Balaban J connectivity index is 1.50. The number of fused-ring (bicyclic) bond motifs is 1. The highest BCUT2D eigenvalue weighted by Gasteiger charge is 2.05. The summed E-state index contributed by atoms with van der Waals surface area (Å²) in [5.74, 6) is 0.729. The number of aryl methyl sites for hydroxylation is 1. The summed E-state index contributed by atoms with van der Waals surface area (Å²) >= 11 is 0. The van der Waals surface area contributed by atoms with Gasteiger partial charge in [-0.25, -0.2) is 4.98 Å². The second-order valence-corrected chi connectivity index (χ2v) is 5.29. The van der Waals surface area contributed by atoms with Crippen LogP contribution in [-0.4, -0.2) is 15.9 Å². The van der Waals surface area contributed by atoms with Gasteiger partial charge in [-0.3, -0.25) is 4.79 Å². The Labute approximate surface area is 134 Å². The third-order valence-electron chi connectivity index (χ3n) is 3.62. The van der Waals surface area contributed by atoms with Crippen LogP contribution in [0.1, 0.15) is 23.4 Å². The van der Waals surface area contributed by atoms with Gasteiger partial charge < -0.3 is 10.3 Å². The molecule has 3 aromatic rings. The molecule has 3 rings (SSSR count). The van der Waals surface area contributed by atoms with E-state index in [1.165, 1.54) is 0 Å². The lowest BCUT2D eigenvalue weighted by Crippen LogP contribution is -2.23. The Bertz CT molecular complexity index is 826. The van der Waals surface area contributed by atoms with Gasteiger partial charge in [0.15, 0.2) is 0 Å². The molecule has 1 aromatic heterocycles. The average molecular weight is 304 g/mol. The lowest BCUT2D eigenvalue weighted by molar-refractivity contribution is -0.121. The van der Waals surface area contributed by atoms with Gasteiger partial charge in [0.1, 0.15) is 5.82 Å². The number of hydrogen-bond donors (Lipinski definition) is 2. The Kier molecular flexibility index (Phi) is 4.34. The van der Waals surface area contributed by atoms with E-state index in [2.05, 4.69) is 21.4 Å². The number of amides is 1. The highest BCUT2D eigenvalue weighted by Crippen LogP contribution is 2.10. The highest BCUT2D eigenvalue weighted by atomic mass is 16.1. The van der Waals surface area contributed by atoms with Crippen molar-refractivity contribution in [3.63, 3.8) is 0 Å². The van der Waals surface area contributed by atoms with E-state index < -0.39 is 0 Å². The monoisotopic (exact) mass is 304 g/mol. The highest BCUT2D eigenvalue weighted by molar-refractivity contribution is 5.77. The minimum atomic E-state index is -0.0187.